The fourth-order valence-corrected chi connectivity index (χ4v) is 1.46. The van der Waals surface area contributed by atoms with Crippen LogP contribution in [0.25, 0.3) is 5.69 Å². The van der Waals surface area contributed by atoms with Crippen molar-refractivity contribution in [2.45, 2.75) is 6.92 Å². The number of nitrogens with two attached hydrogens (primary N) is 1. The average Bonchev–Trinajstić information content (AvgIpc) is 2.45. The van der Waals surface area contributed by atoms with Crippen molar-refractivity contribution < 1.29 is 4.39 Å². The van der Waals surface area contributed by atoms with Gasteiger partial charge in [0.1, 0.15) is 5.82 Å². The molecule has 2 aromatic rings. The predicted molar refractivity (Wildman–Crippen MR) is 55.5 cm³/mol. The highest BCUT2D eigenvalue weighted by atomic mass is 19.1. The second-order valence-corrected chi connectivity index (χ2v) is 3.30. The second-order valence-electron chi connectivity index (χ2n) is 3.30. The Hall–Kier alpha value is -2.04. The van der Waals surface area contributed by atoms with Gasteiger partial charge in [-0.15, -0.1) is 0 Å². The smallest absolute Gasteiger partial charge is 0.264 e. The lowest BCUT2D eigenvalue weighted by molar-refractivity contribution is 0.627. The Balaban J connectivity index is 2.64. The van der Waals surface area contributed by atoms with Crippen molar-refractivity contribution in [3.05, 3.63) is 46.1 Å². The Kier molecular flexibility index (Phi) is 2.07. The van der Waals surface area contributed by atoms with Crippen molar-refractivity contribution in [1.29, 1.82) is 0 Å². The minimum atomic E-state index is -0.400. The fourth-order valence-electron chi connectivity index (χ4n) is 1.46. The Bertz CT molecular complexity index is 556. The van der Waals surface area contributed by atoms with Crippen LogP contribution in [0.4, 0.5) is 10.1 Å². The number of aromatic amines is 1. The first-order chi connectivity index (χ1) is 7.08. The molecular formula is C10H10FN3O. The monoisotopic (exact) mass is 207 g/mol. The van der Waals surface area contributed by atoms with Crippen LogP contribution < -0.4 is 11.3 Å². The maximum Gasteiger partial charge on any atom is 0.264 e. The van der Waals surface area contributed by atoms with Crippen molar-refractivity contribution in [1.82, 2.24) is 9.78 Å². The summed E-state index contributed by atoms with van der Waals surface area (Å²) in [5.41, 5.74) is 7.01. The molecule has 0 aliphatic rings. The summed E-state index contributed by atoms with van der Waals surface area (Å²) in [6.07, 6.45) is 0. The number of nitrogen functional groups attached to an aromatic ring is 1. The van der Waals surface area contributed by atoms with Crippen LogP contribution in [0.5, 0.6) is 0 Å². The molecule has 0 bridgehead atoms. The van der Waals surface area contributed by atoms with Crippen molar-refractivity contribution in [3.63, 3.8) is 0 Å². The topological polar surface area (TPSA) is 63.8 Å². The van der Waals surface area contributed by atoms with Crippen LogP contribution in [-0.4, -0.2) is 9.78 Å². The van der Waals surface area contributed by atoms with Crippen molar-refractivity contribution >= 4 is 5.69 Å². The molecule has 0 atom stereocenters. The molecule has 0 saturated heterocycles. The molecule has 2 rings (SSSR count). The molecule has 78 valence electrons. The van der Waals surface area contributed by atoms with Gasteiger partial charge in [-0.25, -0.2) is 4.39 Å². The molecule has 0 unspecified atom stereocenters. The zero-order chi connectivity index (χ0) is 11.0. The highest BCUT2D eigenvalue weighted by Gasteiger charge is 2.06. The molecule has 15 heavy (non-hydrogen) atoms. The number of hydrogen-bond donors (Lipinski definition) is 2. The van der Waals surface area contributed by atoms with Gasteiger partial charge in [0.25, 0.3) is 5.56 Å². The SMILES string of the molecule is Cc1cc(=O)[nH]n1-c1ccc(F)cc1N. The first kappa shape index (κ1) is 9.51. The summed E-state index contributed by atoms with van der Waals surface area (Å²) in [6.45, 7) is 1.76. The van der Waals surface area contributed by atoms with Crippen LogP contribution >= 0.6 is 0 Å². The third kappa shape index (κ3) is 1.63. The van der Waals surface area contributed by atoms with Gasteiger partial charge in [-0.05, 0) is 25.1 Å². The van der Waals surface area contributed by atoms with Gasteiger partial charge in [-0.3, -0.25) is 14.6 Å². The number of nitrogens with one attached hydrogen (secondary N) is 1. The summed E-state index contributed by atoms with van der Waals surface area (Å²) < 4.78 is 14.3. The minimum absolute atomic E-state index is 0.212. The van der Waals surface area contributed by atoms with E-state index in [1.807, 2.05) is 0 Å². The molecule has 4 nitrogen and oxygen atoms in total. The summed E-state index contributed by atoms with van der Waals surface area (Å²) in [4.78, 5) is 11.1. The predicted octanol–water partition coefficient (Wildman–Crippen LogP) is 1.20. The zero-order valence-corrected chi connectivity index (χ0v) is 8.12. The second kappa shape index (κ2) is 3.27. The minimum Gasteiger partial charge on any atom is -0.397 e. The molecule has 0 fully saturated rings. The molecule has 5 heteroatoms. The number of H-pyrrole nitrogens is 1. The average molecular weight is 207 g/mol. The van der Waals surface area contributed by atoms with Gasteiger partial charge in [-0.2, -0.15) is 0 Å². The number of halogens is 1. The van der Waals surface area contributed by atoms with Gasteiger partial charge in [0, 0.05) is 11.8 Å². The molecule has 0 radical (unpaired) electrons. The van der Waals surface area contributed by atoms with E-state index < -0.39 is 5.82 Å². The number of anilines is 1. The van der Waals surface area contributed by atoms with E-state index in [4.69, 9.17) is 5.73 Å². The van der Waals surface area contributed by atoms with Gasteiger partial charge < -0.3 is 5.73 Å². The van der Waals surface area contributed by atoms with Crippen molar-refractivity contribution in [2.75, 3.05) is 5.73 Å². The van der Waals surface area contributed by atoms with E-state index in [0.29, 0.717) is 5.69 Å². The van der Waals surface area contributed by atoms with Gasteiger partial charge in [0.05, 0.1) is 11.4 Å². The highest BCUT2D eigenvalue weighted by molar-refractivity contribution is 5.57. The molecule has 0 amide bonds. The number of aromatic nitrogens is 2. The van der Waals surface area contributed by atoms with Crippen LogP contribution in [-0.2, 0) is 0 Å². The van der Waals surface area contributed by atoms with Gasteiger partial charge in [-0.1, -0.05) is 0 Å². The van der Waals surface area contributed by atoms with Crippen molar-refractivity contribution in [3.8, 4) is 5.69 Å². The number of benzene rings is 1. The standard InChI is InChI=1S/C10H10FN3O/c1-6-4-10(15)13-14(6)9-3-2-7(11)5-8(9)12/h2-5H,12H2,1H3,(H,13,15). The van der Waals surface area contributed by atoms with Crippen LogP contribution in [0.15, 0.2) is 29.1 Å². The van der Waals surface area contributed by atoms with E-state index in [1.165, 1.54) is 28.9 Å². The van der Waals surface area contributed by atoms with Crippen LogP contribution in [0.1, 0.15) is 5.69 Å². The van der Waals surface area contributed by atoms with Gasteiger partial charge in [0.15, 0.2) is 0 Å². The summed E-state index contributed by atoms with van der Waals surface area (Å²) in [5.74, 6) is -0.400. The molecule has 3 N–H and O–H groups in total. The molecule has 0 aliphatic heterocycles. The van der Waals surface area contributed by atoms with Crippen molar-refractivity contribution in [2.24, 2.45) is 0 Å². The lowest BCUT2D eigenvalue weighted by atomic mass is 10.2. The Labute approximate surface area is 85.1 Å². The summed E-state index contributed by atoms with van der Waals surface area (Å²) in [5, 5.41) is 2.58. The fraction of sp³-hybridized carbons (Fsp3) is 0.100. The number of nitrogens with zero attached hydrogens (tertiary/aromatic N) is 1. The first-order valence-electron chi connectivity index (χ1n) is 4.42. The Morgan fingerprint density at radius 1 is 1.40 bits per heavy atom. The van der Waals surface area contributed by atoms with Gasteiger partial charge >= 0.3 is 0 Å². The van der Waals surface area contributed by atoms with E-state index in [9.17, 15) is 9.18 Å². The molecule has 0 spiro atoms. The van der Waals surface area contributed by atoms with E-state index >= 15 is 0 Å². The third-order valence-corrected chi connectivity index (χ3v) is 2.15. The summed E-state index contributed by atoms with van der Waals surface area (Å²) in [6, 6.07) is 5.48. The maximum absolute atomic E-state index is 12.8. The van der Waals surface area contributed by atoms with E-state index in [0.717, 1.165) is 5.69 Å². The Morgan fingerprint density at radius 2 is 2.13 bits per heavy atom. The number of aryl methyl sites for hydroxylation is 1. The van der Waals surface area contributed by atoms with Gasteiger partial charge in [0.2, 0.25) is 0 Å². The molecule has 1 aromatic heterocycles. The lowest BCUT2D eigenvalue weighted by Gasteiger charge is -2.08. The maximum atomic E-state index is 12.8. The molecule has 1 heterocycles. The first-order valence-corrected chi connectivity index (χ1v) is 4.42. The van der Waals surface area contributed by atoms with E-state index in [-0.39, 0.29) is 11.2 Å². The summed E-state index contributed by atoms with van der Waals surface area (Å²) >= 11 is 0. The van der Waals surface area contributed by atoms with Crippen LogP contribution in [0.2, 0.25) is 0 Å². The molecule has 1 aromatic carbocycles. The summed E-state index contributed by atoms with van der Waals surface area (Å²) in [7, 11) is 0. The number of hydrogen-bond acceptors (Lipinski definition) is 2. The van der Waals surface area contributed by atoms with Crippen LogP contribution in [0, 0.1) is 12.7 Å². The van der Waals surface area contributed by atoms with E-state index in [1.54, 1.807) is 6.92 Å². The Morgan fingerprint density at radius 3 is 2.67 bits per heavy atom. The van der Waals surface area contributed by atoms with Crippen LogP contribution in [0.3, 0.4) is 0 Å². The molecular weight excluding hydrogens is 197 g/mol. The molecule has 0 saturated carbocycles. The normalized spacial score (nSPS) is 10.5. The third-order valence-electron chi connectivity index (χ3n) is 2.15. The largest absolute Gasteiger partial charge is 0.397 e. The quantitative estimate of drug-likeness (QED) is 0.690. The number of rotatable bonds is 1. The molecule has 0 aliphatic carbocycles. The zero-order valence-electron chi connectivity index (χ0n) is 8.12. The van der Waals surface area contributed by atoms with E-state index in [2.05, 4.69) is 5.10 Å². The lowest BCUT2D eigenvalue weighted by Crippen LogP contribution is -2.07. The highest BCUT2D eigenvalue weighted by Crippen LogP contribution is 2.18.